The Labute approximate surface area is 103 Å². The molecule has 0 bridgehead atoms. The zero-order valence-electron chi connectivity index (χ0n) is 10.6. The van der Waals surface area contributed by atoms with Crippen LogP contribution in [0.25, 0.3) is 11.1 Å². The van der Waals surface area contributed by atoms with Crippen molar-refractivity contribution in [3.05, 3.63) is 58.7 Å². The van der Waals surface area contributed by atoms with Crippen molar-refractivity contribution in [2.45, 2.75) is 27.4 Å². The van der Waals surface area contributed by atoms with E-state index < -0.39 is 0 Å². The minimum Gasteiger partial charge on any atom is -0.392 e. The first-order valence-corrected chi connectivity index (χ1v) is 5.90. The summed E-state index contributed by atoms with van der Waals surface area (Å²) in [7, 11) is 0. The van der Waals surface area contributed by atoms with Crippen LogP contribution >= 0.6 is 0 Å². The molecule has 0 aliphatic carbocycles. The highest BCUT2D eigenvalue weighted by Crippen LogP contribution is 2.26. The van der Waals surface area contributed by atoms with E-state index in [0.29, 0.717) is 0 Å². The van der Waals surface area contributed by atoms with E-state index in [1.807, 2.05) is 6.07 Å². The summed E-state index contributed by atoms with van der Waals surface area (Å²) in [4.78, 5) is 0. The number of rotatable bonds is 2. The van der Waals surface area contributed by atoms with Gasteiger partial charge < -0.3 is 5.11 Å². The quantitative estimate of drug-likeness (QED) is 0.826. The number of aliphatic hydroxyl groups is 1. The van der Waals surface area contributed by atoms with E-state index in [9.17, 15) is 5.11 Å². The van der Waals surface area contributed by atoms with Crippen molar-refractivity contribution in [2.75, 3.05) is 0 Å². The lowest BCUT2D eigenvalue weighted by Gasteiger charge is -2.10. The summed E-state index contributed by atoms with van der Waals surface area (Å²) in [6.07, 6.45) is 0. The molecule has 88 valence electrons. The minimum atomic E-state index is 0.0954. The second kappa shape index (κ2) is 4.72. The van der Waals surface area contributed by atoms with Gasteiger partial charge in [-0.25, -0.2) is 0 Å². The molecule has 1 nitrogen and oxygen atoms in total. The molecule has 0 aromatic heterocycles. The first-order valence-electron chi connectivity index (χ1n) is 5.90. The Morgan fingerprint density at radius 1 is 0.824 bits per heavy atom. The van der Waals surface area contributed by atoms with Gasteiger partial charge in [-0.05, 0) is 60.2 Å². The van der Waals surface area contributed by atoms with Crippen LogP contribution in [0.3, 0.4) is 0 Å². The van der Waals surface area contributed by atoms with E-state index in [1.54, 1.807) is 0 Å². The lowest BCUT2D eigenvalue weighted by molar-refractivity contribution is 0.282. The second-order valence-corrected chi connectivity index (χ2v) is 4.61. The molecular weight excluding hydrogens is 208 g/mol. The largest absolute Gasteiger partial charge is 0.392 e. The third-order valence-electron chi connectivity index (χ3n) is 3.30. The van der Waals surface area contributed by atoms with Crippen molar-refractivity contribution in [3.63, 3.8) is 0 Å². The Morgan fingerprint density at radius 3 is 2.18 bits per heavy atom. The predicted molar refractivity (Wildman–Crippen MR) is 72.0 cm³/mol. The first kappa shape index (κ1) is 11.9. The van der Waals surface area contributed by atoms with Crippen LogP contribution < -0.4 is 0 Å². The van der Waals surface area contributed by atoms with Crippen molar-refractivity contribution in [3.8, 4) is 11.1 Å². The van der Waals surface area contributed by atoms with E-state index in [4.69, 9.17) is 0 Å². The molecule has 0 saturated carbocycles. The molecule has 2 aromatic carbocycles. The maximum absolute atomic E-state index is 9.20. The maximum Gasteiger partial charge on any atom is 0.0682 e. The summed E-state index contributed by atoms with van der Waals surface area (Å²) < 4.78 is 0. The van der Waals surface area contributed by atoms with Gasteiger partial charge in [-0.2, -0.15) is 0 Å². The lowest BCUT2D eigenvalue weighted by atomic mass is 9.95. The molecule has 0 atom stereocenters. The predicted octanol–water partition coefficient (Wildman–Crippen LogP) is 3.77. The van der Waals surface area contributed by atoms with Crippen LogP contribution in [-0.4, -0.2) is 5.11 Å². The maximum atomic E-state index is 9.20. The van der Waals surface area contributed by atoms with Crippen molar-refractivity contribution in [2.24, 2.45) is 0 Å². The van der Waals surface area contributed by atoms with E-state index in [2.05, 4.69) is 51.1 Å². The fourth-order valence-electron chi connectivity index (χ4n) is 1.99. The standard InChI is InChI=1S/C16H18O/c1-11-5-7-15(8-13(11)3)16-9-14(10-17)6-4-12(16)2/h4-9,17H,10H2,1-3H3. The summed E-state index contributed by atoms with van der Waals surface area (Å²) in [5.41, 5.74) is 7.25. The Morgan fingerprint density at radius 2 is 1.53 bits per heavy atom. The third kappa shape index (κ3) is 2.40. The van der Waals surface area contributed by atoms with Gasteiger partial charge in [0, 0.05) is 0 Å². The van der Waals surface area contributed by atoms with Gasteiger partial charge in [-0.3, -0.25) is 0 Å². The molecule has 0 saturated heterocycles. The number of aryl methyl sites for hydroxylation is 3. The summed E-state index contributed by atoms with van der Waals surface area (Å²) in [5.74, 6) is 0. The minimum absolute atomic E-state index is 0.0954. The van der Waals surface area contributed by atoms with Gasteiger partial charge in [0.05, 0.1) is 6.61 Å². The van der Waals surface area contributed by atoms with Crippen LogP contribution in [0.1, 0.15) is 22.3 Å². The van der Waals surface area contributed by atoms with Gasteiger partial charge in [0.25, 0.3) is 0 Å². The molecule has 0 radical (unpaired) electrons. The highest BCUT2D eigenvalue weighted by molar-refractivity contribution is 5.69. The molecule has 1 N–H and O–H groups in total. The lowest BCUT2D eigenvalue weighted by Crippen LogP contribution is -1.90. The molecule has 0 heterocycles. The summed E-state index contributed by atoms with van der Waals surface area (Å²) in [6.45, 7) is 6.45. The number of aliphatic hydroxyl groups excluding tert-OH is 1. The van der Waals surface area contributed by atoms with Gasteiger partial charge in [0.15, 0.2) is 0 Å². The van der Waals surface area contributed by atoms with Crippen LogP contribution in [-0.2, 0) is 6.61 Å². The van der Waals surface area contributed by atoms with Crippen LogP contribution in [0.5, 0.6) is 0 Å². The number of benzene rings is 2. The molecule has 2 rings (SSSR count). The normalized spacial score (nSPS) is 10.6. The summed E-state index contributed by atoms with van der Waals surface area (Å²) >= 11 is 0. The van der Waals surface area contributed by atoms with Crippen molar-refractivity contribution >= 4 is 0 Å². The van der Waals surface area contributed by atoms with Crippen LogP contribution in [0, 0.1) is 20.8 Å². The van der Waals surface area contributed by atoms with Gasteiger partial charge in [-0.15, -0.1) is 0 Å². The Hall–Kier alpha value is -1.60. The topological polar surface area (TPSA) is 20.2 Å². The molecule has 0 amide bonds. The molecule has 17 heavy (non-hydrogen) atoms. The Kier molecular flexibility index (Phi) is 3.30. The molecule has 0 unspecified atom stereocenters. The SMILES string of the molecule is Cc1ccc(-c2cc(CO)ccc2C)cc1C. The zero-order chi connectivity index (χ0) is 12.4. The fraction of sp³-hybridized carbons (Fsp3) is 0.250. The number of hydrogen-bond acceptors (Lipinski definition) is 1. The Bertz CT molecular complexity index is 541. The molecule has 0 fully saturated rings. The van der Waals surface area contributed by atoms with E-state index in [1.165, 1.54) is 27.8 Å². The van der Waals surface area contributed by atoms with Crippen molar-refractivity contribution in [1.82, 2.24) is 0 Å². The van der Waals surface area contributed by atoms with Gasteiger partial charge >= 0.3 is 0 Å². The van der Waals surface area contributed by atoms with Crippen LogP contribution in [0.4, 0.5) is 0 Å². The molecule has 0 aliphatic rings. The summed E-state index contributed by atoms with van der Waals surface area (Å²) in [6, 6.07) is 12.6. The third-order valence-corrected chi connectivity index (χ3v) is 3.30. The fourth-order valence-corrected chi connectivity index (χ4v) is 1.99. The second-order valence-electron chi connectivity index (χ2n) is 4.61. The average Bonchev–Trinajstić information content (AvgIpc) is 2.33. The van der Waals surface area contributed by atoms with E-state index in [0.717, 1.165) is 5.56 Å². The van der Waals surface area contributed by atoms with Crippen LogP contribution in [0.15, 0.2) is 36.4 Å². The molecule has 2 aromatic rings. The molecule has 0 aliphatic heterocycles. The van der Waals surface area contributed by atoms with E-state index >= 15 is 0 Å². The molecular formula is C16H18O. The van der Waals surface area contributed by atoms with Crippen molar-refractivity contribution < 1.29 is 5.11 Å². The summed E-state index contributed by atoms with van der Waals surface area (Å²) in [5, 5.41) is 9.20. The van der Waals surface area contributed by atoms with Gasteiger partial charge in [0.2, 0.25) is 0 Å². The smallest absolute Gasteiger partial charge is 0.0682 e. The Balaban J connectivity index is 2.55. The highest BCUT2D eigenvalue weighted by atomic mass is 16.3. The van der Waals surface area contributed by atoms with E-state index in [-0.39, 0.29) is 6.61 Å². The van der Waals surface area contributed by atoms with Crippen LogP contribution in [0.2, 0.25) is 0 Å². The molecule has 0 spiro atoms. The van der Waals surface area contributed by atoms with Gasteiger partial charge in [-0.1, -0.05) is 30.3 Å². The highest BCUT2D eigenvalue weighted by Gasteiger charge is 2.04. The van der Waals surface area contributed by atoms with Gasteiger partial charge in [0.1, 0.15) is 0 Å². The first-order chi connectivity index (χ1) is 8.11. The number of hydrogen-bond donors (Lipinski definition) is 1. The zero-order valence-corrected chi connectivity index (χ0v) is 10.6. The molecule has 1 heteroatoms. The monoisotopic (exact) mass is 226 g/mol. The average molecular weight is 226 g/mol. The van der Waals surface area contributed by atoms with Crippen molar-refractivity contribution in [1.29, 1.82) is 0 Å².